The van der Waals surface area contributed by atoms with Crippen molar-refractivity contribution in [2.45, 2.75) is 55.6 Å². The SMILES string of the molecule is NC1(C(=O)O)CC2CCCC(C1)N2C(=O)OCC1c2ccccc2-c2ccccc21. The second-order valence-electron chi connectivity index (χ2n) is 8.82. The average molecular weight is 406 g/mol. The van der Waals surface area contributed by atoms with Crippen molar-refractivity contribution in [1.82, 2.24) is 4.90 Å². The van der Waals surface area contributed by atoms with Crippen LogP contribution in [0.3, 0.4) is 0 Å². The lowest BCUT2D eigenvalue weighted by Gasteiger charge is -2.50. The molecule has 3 aliphatic rings. The number of carbonyl (C=O) groups excluding carboxylic acids is 1. The molecule has 6 nitrogen and oxygen atoms in total. The van der Waals surface area contributed by atoms with Crippen LogP contribution in [-0.2, 0) is 9.53 Å². The van der Waals surface area contributed by atoms with Crippen LogP contribution in [0.15, 0.2) is 48.5 Å². The quantitative estimate of drug-likeness (QED) is 0.810. The highest BCUT2D eigenvalue weighted by atomic mass is 16.6. The van der Waals surface area contributed by atoms with Gasteiger partial charge >= 0.3 is 12.1 Å². The average Bonchev–Trinajstić information content (AvgIpc) is 3.05. The van der Waals surface area contributed by atoms with E-state index < -0.39 is 11.5 Å². The first-order valence-electron chi connectivity index (χ1n) is 10.6. The van der Waals surface area contributed by atoms with Crippen LogP contribution in [0.1, 0.15) is 49.1 Å². The third-order valence-corrected chi connectivity index (χ3v) is 7.03. The zero-order valence-corrected chi connectivity index (χ0v) is 16.8. The number of nitrogens with zero attached hydrogens (tertiary/aromatic N) is 1. The maximum atomic E-state index is 13.1. The minimum absolute atomic E-state index is 0.0126. The highest BCUT2D eigenvalue weighted by Gasteiger charge is 2.50. The van der Waals surface area contributed by atoms with Gasteiger partial charge in [-0.25, -0.2) is 4.79 Å². The first-order chi connectivity index (χ1) is 14.5. The minimum atomic E-state index is -1.25. The smallest absolute Gasteiger partial charge is 0.410 e. The van der Waals surface area contributed by atoms with E-state index in [4.69, 9.17) is 10.5 Å². The number of ether oxygens (including phenoxy) is 1. The second kappa shape index (κ2) is 7.13. The van der Waals surface area contributed by atoms with Crippen LogP contribution in [0.4, 0.5) is 4.79 Å². The highest BCUT2D eigenvalue weighted by molar-refractivity contribution is 5.80. The zero-order valence-electron chi connectivity index (χ0n) is 16.8. The standard InChI is InChI=1S/C24H26N2O4/c25-24(22(27)28)12-15-6-5-7-16(13-24)26(15)23(29)30-14-21-19-10-3-1-8-17(19)18-9-2-4-11-20(18)21/h1-4,8-11,15-16,21H,5-7,12-14,25H2,(H,27,28). The molecule has 2 heterocycles. The number of amides is 1. The Bertz CT molecular complexity index is 945. The van der Waals surface area contributed by atoms with Crippen molar-refractivity contribution in [3.63, 3.8) is 0 Å². The number of hydrogen-bond acceptors (Lipinski definition) is 4. The van der Waals surface area contributed by atoms with Gasteiger partial charge in [-0.15, -0.1) is 0 Å². The molecule has 2 aromatic rings. The van der Waals surface area contributed by atoms with Crippen molar-refractivity contribution in [3.8, 4) is 11.1 Å². The number of aliphatic carboxylic acids is 1. The summed E-state index contributed by atoms with van der Waals surface area (Å²) in [5, 5.41) is 9.55. The Kier molecular flexibility index (Phi) is 4.54. The van der Waals surface area contributed by atoms with E-state index in [0.29, 0.717) is 0 Å². The molecule has 2 fully saturated rings. The number of hydrogen-bond donors (Lipinski definition) is 2. The molecule has 0 aromatic heterocycles. The number of carboxylic acid groups (broad SMARTS) is 1. The van der Waals surface area contributed by atoms with Crippen LogP contribution >= 0.6 is 0 Å². The lowest BCUT2D eigenvalue weighted by atomic mass is 9.74. The van der Waals surface area contributed by atoms with Gasteiger partial charge in [-0.05, 0) is 54.4 Å². The summed E-state index contributed by atoms with van der Waals surface area (Å²) in [6, 6.07) is 16.2. The molecule has 0 spiro atoms. The monoisotopic (exact) mass is 406 g/mol. The fourth-order valence-corrected chi connectivity index (χ4v) is 5.63. The van der Waals surface area contributed by atoms with Crippen molar-refractivity contribution < 1.29 is 19.4 Å². The zero-order chi connectivity index (χ0) is 20.9. The van der Waals surface area contributed by atoms with E-state index >= 15 is 0 Å². The van der Waals surface area contributed by atoms with Gasteiger partial charge in [-0.3, -0.25) is 4.79 Å². The third kappa shape index (κ3) is 2.98. The van der Waals surface area contributed by atoms with Crippen molar-refractivity contribution in [2.24, 2.45) is 5.73 Å². The topological polar surface area (TPSA) is 92.9 Å². The van der Waals surface area contributed by atoms with Crippen LogP contribution in [-0.4, -0.2) is 46.3 Å². The van der Waals surface area contributed by atoms with Crippen LogP contribution in [0.25, 0.3) is 11.1 Å². The van der Waals surface area contributed by atoms with Gasteiger partial charge in [-0.1, -0.05) is 48.5 Å². The molecular weight excluding hydrogens is 380 g/mol. The molecule has 1 aliphatic carbocycles. The molecule has 0 saturated carbocycles. The van der Waals surface area contributed by atoms with Crippen LogP contribution < -0.4 is 5.73 Å². The minimum Gasteiger partial charge on any atom is -0.480 e. The molecule has 2 aromatic carbocycles. The number of carbonyl (C=O) groups is 2. The number of fused-ring (bicyclic) bond motifs is 5. The molecule has 2 aliphatic heterocycles. The summed E-state index contributed by atoms with van der Waals surface area (Å²) in [5.74, 6) is -0.967. The molecule has 0 radical (unpaired) electrons. The van der Waals surface area contributed by atoms with Gasteiger partial charge < -0.3 is 20.5 Å². The Hall–Kier alpha value is -2.86. The summed E-state index contributed by atoms with van der Waals surface area (Å²) in [4.78, 5) is 26.5. The predicted molar refractivity (Wildman–Crippen MR) is 112 cm³/mol. The van der Waals surface area contributed by atoms with Gasteiger partial charge in [0.15, 0.2) is 0 Å². The Morgan fingerprint density at radius 2 is 1.53 bits per heavy atom. The number of rotatable bonds is 3. The summed E-state index contributed by atoms with van der Waals surface area (Å²) in [5.41, 5.74) is 9.64. The largest absolute Gasteiger partial charge is 0.480 e. The molecule has 2 unspecified atom stereocenters. The van der Waals surface area contributed by atoms with E-state index in [-0.39, 0.29) is 43.5 Å². The summed E-state index contributed by atoms with van der Waals surface area (Å²) < 4.78 is 5.84. The van der Waals surface area contributed by atoms with Crippen molar-refractivity contribution in [2.75, 3.05) is 6.61 Å². The fourth-order valence-electron chi connectivity index (χ4n) is 5.63. The Morgan fingerprint density at radius 1 is 1.00 bits per heavy atom. The maximum Gasteiger partial charge on any atom is 0.410 e. The molecule has 2 bridgehead atoms. The Labute approximate surface area is 175 Å². The molecule has 2 atom stereocenters. The van der Waals surface area contributed by atoms with Crippen LogP contribution in [0.5, 0.6) is 0 Å². The van der Waals surface area contributed by atoms with Gasteiger partial charge in [0.05, 0.1) is 0 Å². The summed E-state index contributed by atoms with van der Waals surface area (Å²) in [6.45, 7) is 0.273. The molecular formula is C24H26N2O4. The summed E-state index contributed by atoms with van der Waals surface area (Å²) >= 11 is 0. The third-order valence-electron chi connectivity index (χ3n) is 7.03. The van der Waals surface area contributed by atoms with Crippen LogP contribution in [0.2, 0.25) is 0 Å². The fraction of sp³-hybridized carbons (Fsp3) is 0.417. The number of carboxylic acids is 1. The number of piperidine rings is 2. The Balaban J connectivity index is 1.34. The van der Waals surface area contributed by atoms with E-state index in [0.717, 1.165) is 19.3 Å². The lowest BCUT2D eigenvalue weighted by Crippen LogP contribution is -2.65. The summed E-state index contributed by atoms with van der Waals surface area (Å²) in [6.07, 6.45) is 2.74. The molecule has 1 amide bonds. The van der Waals surface area contributed by atoms with Gasteiger partial charge in [0.25, 0.3) is 0 Å². The van der Waals surface area contributed by atoms with Crippen molar-refractivity contribution >= 4 is 12.1 Å². The Morgan fingerprint density at radius 3 is 2.07 bits per heavy atom. The van der Waals surface area contributed by atoms with E-state index in [1.807, 2.05) is 24.3 Å². The van der Waals surface area contributed by atoms with Crippen molar-refractivity contribution in [1.29, 1.82) is 0 Å². The number of nitrogens with two attached hydrogens (primary N) is 1. The molecule has 5 rings (SSSR count). The normalized spacial score (nSPS) is 27.3. The first-order valence-corrected chi connectivity index (χ1v) is 10.6. The molecule has 156 valence electrons. The van der Waals surface area contributed by atoms with Gasteiger partial charge in [-0.2, -0.15) is 0 Å². The van der Waals surface area contributed by atoms with Gasteiger partial charge in [0, 0.05) is 18.0 Å². The van der Waals surface area contributed by atoms with Gasteiger partial charge in [0.1, 0.15) is 12.1 Å². The maximum absolute atomic E-state index is 13.1. The van der Waals surface area contributed by atoms with Gasteiger partial charge in [0.2, 0.25) is 0 Å². The summed E-state index contributed by atoms with van der Waals surface area (Å²) in [7, 11) is 0. The molecule has 2 saturated heterocycles. The lowest BCUT2D eigenvalue weighted by molar-refractivity contribution is -0.148. The predicted octanol–water partition coefficient (Wildman–Crippen LogP) is 3.73. The molecule has 30 heavy (non-hydrogen) atoms. The highest BCUT2D eigenvalue weighted by Crippen LogP contribution is 2.45. The van der Waals surface area contributed by atoms with E-state index in [1.54, 1.807) is 4.90 Å². The van der Waals surface area contributed by atoms with E-state index in [1.165, 1.54) is 22.3 Å². The number of benzene rings is 2. The molecule has 3 N–H and O–H groups in total. The van der Waals surface area contributed by atoms with Crippen LogP contribution in [0, 0.1) is 0 Å². The molecule has 6 heteroatoms. The van der Waals surface area contributed by atoms with E-state index in [9.17, 15) is 14.7 Å². The van der Waals surface area contributed by atoms with Crippen molar-refractivity contribution in [3.05, 3.63) is 59.7 Å². The van der Waals surface area contributed by atoms with E-state index in [2.05, 4.69) is 24.3 Å². The first kappa shape index (κ1) is 19.1. The second-order valence-corrected chi connectivity index (χ2v) is 8.82.